The zero-order valence-electron chi connectivity index (χ0n) is 12.0. The molecule has 134 valence electrons. The normalized spacial score (nSPS) is 9.88. The second-order valence-corrected chi connectivity index (χ2v) is 5.43. The first-order chi connectivity index (χ1) is 11.6. The summed E-state index contributed by atoms with van der Waals surface area (Å²) in [5, 5.41) is 7.12. The lowest BCUT2D eigenvalue weighted by Gasteiger charge is -2.01. The highest BCUT2D eigenvalue weighted by Gasteiger charge is 2.15. The second-order valence-electron chi connectivity index (χ2n) is 4.00. The molecular weight excluding hydrogens is 428 g/mol. The Kier molecular flexibility index (Phi) is 7.75. The number of aromatic carboxylic acids is 1. The number of hydrogen-bond donors (Lipinski definition) is 1. The number of nitrogens with zero attached hydrogens (tertiary/aromatic N) is 2. The molecule has 0 atom stereocenters. The molecule has 0 saturated heterocycles. The van der Waals surface area contributed by atoms with Gasteiger partial charge in [-0.25, -0.2) is 28.3 Å². The Hall–Kier alpha value is -1.74. The van der Waals surface area contributed by atoms with Crippen LogP contribution in [-0.4, -0.2) is 34.1 Å². The van der Waals surface area contributed by atoms with Crippen molar-refractivity contribution in [3.05, 3.63) is 55.5 Å². The van der Waals surface area contributed by atoms with E-state index in [1.54, 1.807) is 0 Å². The van der Waals surface area contributed by atoms with Gasteiger partial charge in [-0.3, -0.25) is 0 Å². The Morgan fingerprint density at radius 3 is 1.72 bits per heavy atom. The summed E-state index contributed by atoms with van der Waals surface area (Å²) in [6.07, 6.45) is 0. The van der Waals surface area contributed by atoms with E-state index < -0.39 is 34.3 Å². The topological polar surface area (TPSA) is 89.4 Å². The van der Waals surface area contributed by atoms with Gasteiger partial charge >= 0.3 is 11.9 Å². The maximum Gasteiger partial charge on any atom is 0.341 e. The van der Waals surface area contributed by atoms with Crippen LogP contribution in [0.3, 0.4) is 0 Å². The van der Waals surface area contributed by atoms with Crippen molar-refractivity contribution < 1.29 is 28.2 Å². The lowest BCUT2D eigenvalue weighted by Crippen LogP contribution is -2.04. The number of rotatable bonds is 2. The van der Waals surface area contributed by atoms with E-state index in [-0.39, 0.29) is 21.0 Å². The number of carboxylic acid groups (broad SMARTS) is 1. The van der Waals surface area contributed by atoms with E-state index in [0.29, 0.717) is 0 Å². The van der Waals surface area contributed by atoms with E-state index in [0.717, 1.165) is 19.2 Å². The minimum absolute atomic E-state index is 0.147. The number of hydrogen-bond acceptors (Lipinski definition) is 5. The van der Waals surface area contributed by atoms with Crippen LogP contribution in [0, 0.1) is 11.6 Å². The van der Waals surface area contributed by atoms with Crippen molar-refractivity contribution in [1.29, 1.82) is 0 Å². The van der Waals surface area contributed by atoms with Crippen molar-refractivity contribution in [3.8, 4) is 0 Å². The van der Waals surface area contributed by atoms with E-state index in [9.17, 15) is 18.4 Å². The molecule has 0 unspecified atom stereocenters. The van der Waals surface area contributed by atoms with Crippen molar-refractivity contribution in [1.82, 2.24) is 9.97 Å². The van der Waals surface area contributed by atoms with E-state index in [1.807, 2.05) is 0 Å². The summed E-state index contributed by atoms with van der Waals surface area (Å²) in [6, 6.07) is 1.60. The number of esters is 1. The fourth-order valence-electron chi connectivity index (χ4n) is 1.29. The van der Waals surface area contributed by atoms with Gasteiger partial charge in [0.2, 0.25) is 0 Å². The van der Waals surface area contributed by atoms with Gasteiger partial charge in [-0.05, 0) is 12.1 Å². The molecule has 25 heavy (non-hydrogen) atoms. The minimum Gasteiger partial charge on any atom is -0.478 e. The molecule has 0 radical (unpaired) electrons. The number of ether oxygens (including phenoxy) is 1. The van der Waals surface area contributed by atoms with Crippen molar-refractivity contribution in [3.63, 3.8) is 0 Å². The smallest absolute Gasteiger partial charge is 0.341 e. The number of carbonyl (C=O) groups is 2. The number of aromatic nitrogens is 2. The summed E-state index contributed by atoms with van der Waals surface area (Å²) in [6.45, 7) is 0. The van der Waals surface area contributed by atoms with Crippen LogP contribution >= 0.6 is 46.4 Å². The first-order valence-electron chi connectivity index (χ1n) is 5.93. The summed E-state index contributed by atoms with van der Waals surface area (Å²) in [4.78, 5) is 28.0. The van der Waals surface area contributed by atoms with Crippen LogP contribution in [0.1, 0.15) is 20.7 Å². The zero-order chi connectivity index (χ0) is 19.3. The molecule has 6 nitrogen and oxygen atoms in total. The molecule has 2 aromatic rings. The van der Waals surface area contributed by atoms with Gasteiger partial charge in [0.15, 0.2) is 21.9 Å². The molecule has 0 aromatic carbocycles. The average molecular weight is 434 g/mol. The van der Waals surface area contributed by atoms with Crippen molar-refractivity contribution in [2.45, 2.75) is 0 Å². The summed E-state index contributed by atoms with van der Waals surface area (Å²) >= 11 is 21.4. The largest absolute Gasteiger partial charge is 0.478 e. The van der Waals surface area contributed by atoms with Crippen molar-refractivity contribution >= 4 is 58.3 Å². The van der Waals surface area contributed by atoms with Gasteiger partial charge in [0.25, 0.3) is 0 Å². The zero-order valence-corrected chi connectivity index (χ0v) is 15.0. The van der Waals surface area contributed by atoms with E-state index in [2.05, 4.69) is 14.7 Å². The molecule has 2 aromatic heterocycles. The first kappa shape index (κ1) is 21.3. The van der Waals surface area contributed by atoms with Crippen LogP contribution in [0.25, 0.3) is 0 Å². The molecule has 0 aliphatic carbocycles. The molecule has 0 spiro atoms. The van der Waals surface area contributed by atoms with Gasteiger partial charge in [-0.15, -0.1) is 0 Å². The standard InChI is InChI=1S/C7H4Cl2FNO2.C6H2Cl2FNO2/c1-13-7(12)3-2-4(10)6(9)11-5(3)8;7-4-2(6(11)12)1-3(9)5(8)10-4/h2H,1H3;1H,(H,11,12). The molecule has 0 fully saturated rings. The van der Waals surface area contributed by atoms with E-state index in [1.165, 1.54) is 0 Å². The van der Waals surface area contributed by atoms with Crippen LogP contribution in [0.5, 0.6) is 0 Å². The van der Waals surface area contributed by atoms with Gasteiger partial charge in [-0.2, -0.15) is 0 Å². The predicted octanol–water partition coefficient (Wildman–Crippen LogP) is 4.54. The third kappa shape index (κ3) is 5.64. The predicted molar refractivity (Wildman–Crippen MR) is 86.7 cm³/mol. The number of methoxy groups -OCH3 is 1. The molecule has 0 bridgehead atoms. The van der Waals surface area contributed by atoms with Crippen molar-refractivity contribution in [2.24, 2.45) is 0 Å². The lowest BCUT2D eigenvalue weighted by molar-refractivity contribution is 0.0599. The SMILES string of the molecule is COC(=O)c1cc(F)c(Cl)nc1Cl.O=C(O)c1cc(F)c(Cl)nc1Cl. The molecule has 2 heterocycles. The van der Waals surface area contributed by atoms with Gasteiger partial charge in [0.1, 0.15) is 10.3 Å². The molecular formula is C13H6Cl4F2N2O4. The fraction of sp³-hybridized carbons (Fsp3) is 0.0769. The highest BCUT2D eigenvalue weighted by Crippen LogP contribution is 2.21. The molecule has 0 saturated carbocycles. The first-order valence-corrected chi connectivity index (χ1v) is 7.44. The van der Waals surface area contributed by atoms with E-state index in [4.69, 9.17) is 51.5 Å². The Labute approximate surface area is 159 Å². The van der Waals surface area contributed by atoms with Crippen LogP contribution in [0.2, 0.25) is 20.6 Å². The van der Waals surface area contributed by atoms with Gasteiger partial charge in [-0.1, -0.05) is 46.4 Å². The Morgan fingerprint density at radius 1 is 0.920 bits per heavy atom. The highest BCUT2D eigenvalue weighted by atomic mass is 35.5. The number of pyridine rings is 2. The second kappa shape index (κ2) is 9.10. The van der Waals surface area contributed by atoms with Gasteiger partial charge in [0.05, 0.1) is 18.2 Å². The van der Waals surface area contributed by atoms with Crippen LogP contribution in [0.4, 0.5) is 8.78 Å². The molecule has 0 aliphatic rings. The van der Waals surface area contributed by atoms with Crippen LogP contribution in [-0.2, 0) is 4.74 Å². The van der Waals surface area contributed by atoms with Gasteiger partial charge < -0.3 is 9.84 Å². The maximum absolute atomic E-state index is 12.8. The number of carbonyl (C=O) groups excluding carboxylic acids is 1. The minimum atomic E-state index is -1.34. The average Bonchev–Trinajstić information content (AvgIpc) is 2.54. The summed E-state index contributed by atoms with van der Waals surface area (Å²) in [5.41, 5.74) is -0.551. The number of halogens is 6. The van der Waals surface area contributed by atoms with Crippen LogP contribution in [0.15, 0.2) is 12.1 Å². The summed E-state index contributed by atoms with van der Waals surface area (Å²) in [5.74, 6) is -3.82. The number of carboxylic acids is 1. The summed E-state index contributed by atoms with van der Waals surface area (Å²) < 4.78 is 29.7. The Balaban J connectivity index is 0.000000251. The third-order valence-corrected chi connectivity index (χ3v) is 3.52. The lowest BCUT2D eigenvalue weighted by atomic mass is 10.3. The molecule has 0 aliphatic heterocycles. The summed E-state index contributed by atoms with van der Waals surface area (Å²) in [7, 11) is 1.16. The third-order valence-electron chi connectivity index (χ3n) is 2.41. The van der Waals surface area contributed by atoms with Crippen molar-refractivity contribution in [2.75, 3.05) is 7.11 Å². The molecule has 12 heteroatoms. The molecule has 2 rings (SSSR count). The van der Waals surface area contributed by atoms with E-state index >= 15 is 0 Å². The molecule has 1 N–H and O–H groups in total. The Morgan fingerprint density at radius 2 is 1.32 bits per heavy atom. The molecule has 0 amide bonds. The van der Waals surface area contributed by atoms with Gasteiger partial charge in [0, 0.05) is 0 Å². The van der Waals surface area contributed by atoms with Crippen LogP contribution < -0.4 is 0 Å². The monoisotopic (exact) mass is 432 g/mol. The maximum atomic E-state index is 12.8. The fourth-order valence-corrected chi connectivity index (χ4v) is 2.10. The highest BCUT2D eigenvalue weighted by molar-refractivity contribution is 6.35. The Bertz CT molecular complexity index is 836. The quantitative estimate of drug-likeness (QED) is 0.552.